The smallest absolute Gasteiger partial charge is 0.0995 e. The van der Waals surface area contributed by atoms with Gasteiger partial charge in [-0.2, -0.15) is 17.0 Å². The molecule has 1 aromatic carbocycles. The highest BCUT2D eigenvalue weighted by Gasteiger charge is 2.23. The van der Waals surface area contributed by atoms with Gasteiger partial charge in [-0.05, 0) is 23.8 Å². The molecule has 3 nitrogen and oxygen atoms in total. The Labute approximate surface area is 119 Å². The van der Waals surface area contributed by atoms with Crippen molar-refractivity contribution in [3.8, 4) is 6.07 Å². The van der Waals surface area contributed by atoms with Crippen LogP contribution >= 0.6 is 11.8 Å². The van der Waals surface area contributed by atoms with Gasteiger partial charge >= 0.3 is 0 Å². The molecular weight excluding hydrogens is 256 g/mol. The molecule has 1 atom stereocenters. The summed E-state index contributed by atoms with van der Waals surface area (Å²) in [5.74, 6) is 2.44. The van der Waals surface area contributed by atoms with Gasteiger partial charge in [-0.15, -0.1) is 0 Å². The van der Waals surface area contributed by atoms with Crippen LogP contribution in [0.15, 0.2) is 24.3 Å². The number of benzene rings is 1. The lowest BCUT2D eigenvalue weighted by Gasteiger charge is -2.28. The third-order valence-corrected chi connectivity index (χ3v) is 4.66. The highest BCUT2D eigenvalue weighted by molar-refractivity contribution is 7.99. The van der Waals surface area contributed by atoms with Crippen molar-refractivity contribution in [2.24, 2.45) is 0 Å². The zero-order valence-corrected chi connectivity index (χ0v) is 12.2. The molecule has 0 saturated carbocycles. The molecule has 2 rings (SSSR count). The molecule has 1 aliphatic heterocycles. The Balaban J connectivity index is 2.08. The first-order valence-corrected chi connectivity index (χ1v) is 7.79. The van der Waals surface area contributed by atoms with Crippen molar-refractivity contribution < 1.29 is 4.74 Å². The van der Waals surface area contributed by atoms with E-state index >= 15 is 0 Å². The van der Waals surface area contributed by atoms with Gasteiger partial charge in [-0.25, -0.2) is 0 Å². The van der Waals surface area contributed by atoms with E-state index in [4.69, 9.17) is 4.74 Å². The first-order chi connectivity index (χ1) is 9.35. The second-order valence-electron chi connectivity index (χ2n) is 4.75. The summed E-state index contributed by atoms with van der Waals surface area (Å²) in [5.41, 5.74) is 1.91. The normalized spacial score (nSPS) is 18.7. The van der Waals surface area contributed by atoms with E-state index < -0.39 is 0 Å². The lowest BCUT2D eigenvalue weighted by atomic mass is 10.1. The van der Waals surface area contributed by atoms with Crippen molar-refractivity contribution in [2.75, 3.05) is 31.8 Å². The van der Waals surface area contributed by atoms with Crippen LogP contribution in [-0.2, 0) is 11.3 Å². The predicted molar refractivity (Wildman–Crippen MR) is 79.2 cm³/mol. The van der Waals surface area contributed by atoms with E-state index in [0.29, 0.717) is 6.04 Å². The van der Waals surface area contributed by atoms with Gasteiger partial charge in [0, 0.05) is 32.0 Å². The molecule has 1 heterocycles. The molecule has 0 spiro atoms. The molecule has 0 unspecified atom stereocenters. The molecular formula is C15H20N2OS. The maximum absolute atomic E-state index is 9.18. The topological polar surface area (TPSA) is 36.3 Å². The van der Waals surface area contributed by atoms with Gasteiger partial charge in [-0.1, -0.05) is 18.2 Å². The average molecular weight is 276 g/mol. The average Bonchev–Trinajstić information content (AvgIpc) is 2.98. The van der Waals surface area contributed by atoms with Gasteiger partial charge in [0.25, 0.3) is 0 Å². The van der Waals surface area contributed by atoms with Crippen LogP contribution in [0.3, 0.4) is 0 Å². The van der Waals surface area contributed by atoms with Crippen LogP contribution in [0.25, 0.3) is 0 Å². The number of nitriles is 1. The molecule has 0 aliphatic carbocycles. The Bertz CT molecular complexity index is 438. The number of hydrogen-bond donors (Lipinski definition) is 0. The Kier molecular flexibility index (Phi) is 5.71. The summed E-state index contributed by atoms with van der Waals surface area (Å²) in [4.78, 5) is 2.46. The fourth-order valence-electron chi connectivity index (χ4n) is 2.40. The number of hydrogen-bond acceptors (Lipinski definition) is 4. The van der Waals surface area contributed by atoms with Crippen LogP contribution in [0.2, 0.25) is 0 Å². The van der Waals surface area contributed by atoms with E-state index in [2.05, 4.69) is 17.0 Å². The summed E-state index contributed by atoms with van der Waals surface area (Å²) < 4.78 is 5.21. The Morgan fingerprint density at radius 3 is 3.00 bits per heavy atom. The third kappa shape index (κ3) is 3.97. The van der Waals surface area contributed by atoms with Crippen LogP contribution in [-0.4, -0.2) is 42.7 Å². The van der Waals surface area contributed by atoms with Crippen molar-refractivity contribution >= 4 is 11.8 Å². The lowest BCUT2D eigenvalue weighted by Crippen LogP contribution is -2.37. The van der Waals surface area contributed by atoms with Crippen LogP contribution in [0.4, 0.5) is 0 Å². The zero-order valence-electron chi connectivity index (χ0n) is 11.3. The van der Waals surface area contributed by atoms with E-state index in [9.17, 15) is 5.26 Å². The fourth-order valence-corrected chi connectivity index (χ4v) is 3.65. The van der Waals surface area contributed by atoms with Crippen LogP contribution in [0, 0.1) is 11.3 Å². The maximum atomic E-state index is 9.18. The van der Waals surface area contributed by atoms with Crippen LogP contribution < -0.4 is 0 Å². The predicted octanol–water partition coefficient (Wildman–Crippen LogP) is 2.51. The number of thioether (sulfide) groups is 1. The Morgan fingerprint density at radius 2 is 2.32 bits per heavy atom. The molecule has 19 heavy (non-hydrogen) atoms. The van der Waals surface area contributed by atoms with E-state index in [1.165, 1.54) is 17.9 Å². The number of ether oxygens (including phenoxy) is 1. The molecule has 0 N–H and O–H groups in total. The Hall–Kier alpha value is -1.02. The van der Waals surface area contributed by atoms with Gasteiger partial charge in [0.05, 0.1) is 18.2 Å². The second-order valence-corrected chi connectivity index (χ2v) is 5.90. The molecule has 1 fully saturated rings. The molecule has 0 radical (unpaired) electrons. The molecule has 1 saturated heterocycles. The minimum atomic E-state index is 0.617. The lowest BCUT2D eigenvalue weighted by molar-refractivity contribution is 0.121. The summed E-state index contributed by atoms with van der Waals surface area (Å²) in [6.45, 7) is 2.52. The Morgan fingerprint density at radius 1 is 1.47 bits per heavy atom. The van der Waals surface area contributed by atoms with E-state index in [-0.39, 0.29) is 0 Å². The van der Waals surface area contributed by atoms with Gasteiger partial charge in [0.15, 0.2) is 0 Å². The van der Waals surface area contributed by atoms with Crippen molar-refractivity contribution in [1.82, 2.24) is 4.90 Å². The molecule has 102 valence electrons. The van der Waals surface area contributed by atoms with Gasteiger partial charge in [0.1, 0.15) is 0 Å². The van der Waals surface area contributed by atoms with E-state index in [0.717, 1.165) is 30.8 Å². The quantitative estimate of drug-likeness (QED) is 0.800. The van der Waals surface area contributed by atoms with Crippen molar-refractivity contribution in [2.45, 2.75) is 19.0 Å². The standard InChI is InChI=1S/C15H20N2OS/c1-18-8-7-17(15-6-9-19-12-15)11-14-5-3-2-4-13(14)10-16/h2-5,15H,6-9,11-12H2,1H3/t15-/m1/s1. The summed E-state index contributed by atoms with van der Waals surface area (Å²) in [5, 5.41) is 9.18. The number of rotatable bonds is 6. The molecule has 4 heteroatoms. The second kappa shape index (κ2) is 7.54. The highest BCUT2D eigenvalue weighted by Crippen LogP contribution is 2.24. The zero-order chi connectivity index (χ0) is 13.5. The van der Waals surface area contributed by atoms with Gasteiger partial charge in [-0.3, -0.25) is 4.90 Å². The maximum Gasteiger partial charge on any atom is 0.0995 e. The third-order valence-electron chi connectivity index (χ3n) is 3.52. The van der Waals surface area contributed by atoms with Crippen molar-refractivity contribution in [1.29, 1.82) is 5.26 Å². The van der Waals surface area contributed by atoms with Gasteiger partial charge < -0.3 is 4.74 Å². The molecule has 0 amide bonds. The molecule has 0 bridgehead atoms. The first kappa shape index (κ1) is 14.4. The minimum absolute atomic E-state index is 0.617. The first-order valence-electron chi connectivity index (χ1n) is 6.64. The highest BCUT2D eigenvalue weighted by atomic mass is 32.2. The minimum Gasteiger partial charge on any atom is -0.383 e. The summed E-state index contributed by atoms with van der Waals surface area (Å²) in [6, 6.07) is 10.8. The van der Waals surface area contributed by atoms with Crippen molar-refractivity contribution in [3.63, 3.8) is 0 Å². The van der Waals surface area contributed by atoms with E-state index in [1.807, 2.05) is 30.0 Å². The van der Waals surface area contributed by atoms with Crippen LogP contribution in [0.5, 0.6) is 0 Å². The largest absolute Gasteiger partial charge is 0.383 e. The fraction of sp³-hybridized carbons (Fsp3) is 0.533. The van der Waals surface area contributed by atoms with E-state index in [1.54, 1.807) is 7.11 Å². The van der Waals surface area contributed by atoms with Gasteiger partial charge in [0.2, 0.25) is 0 Å². The van der Waals surface area contributed by atoms with Crippen molar-refractivity contribution in [3.05, 3.63) is 35.4 Å². The SMILES string of the molecule is COCCN(Cc1ccccc1C#N)[C@@H]1CCSC1. The van der Waals surface area contributed by atoms with Crippen LogP contribution in [0.1, 0.15) is 17.5 Å². The number of methoxy groups -OCH3 is 1. The molecule has 1 aliphatic rings. The summed E-state index contributed by atoms with van der Waals surface area (Å²) in [6.07, 6.45) is 1.24. The molecule has 1 aromatic rings. The summed E-state index contributed by atoms with van der Waals surface area (Å²) in [7, 11) is 1.74. The summed E-state index contributed by atoms with van der Waals surface area (Å²) >= 11 is 2.02. The molecule has 0 aromatic heterocycles. The monoisotopic (exact) mass is 276 g/mol. The number of nitrogens with zero attached hydrogens (tertiary/aromatic N) is 2.